The van der Waals surface area contributed by atoms with Crippen LogP contribution in [0.25, 0.3) is 11.9 Å². The highest BCUT2D eigenvalue weighted by Gasteiger charge is 2.18. The molecular weight excluding hydrogens is 353 g/mol. The van der Waals surface area contributed by atoms with E-state index in [0.29, 0.717) is 5.82 Å². The number of allylic oxidation sites excluding steroid dienone is 1. The summed E-state index contributed by atoms with van der Waals surface area (Å²) < 4.78 is 15.6. The summed E-state index contributed by atoms with van der Waals surface area (Å²) in [7, 11) is 0. The number of imidazole rings is 1. The van der Waals surface area contributed by atoms with Crippen LogP contribution in [0, 0.1) is 5.82 Å². The Morgan fingerprint density at radius 2 is 2.07 bits per heavy atom. The number of amides is 1. The van der Waals surface area contributed by atoms with Crippen molar-refractivity contribution < 1.29 is 19.1 Å². The largest absolute Gasteiger partial charge is 0.478 e. The van der Waals surface area contributed by atoms with E-state index >= 15 is 0 Å². The number of aromatic carboxylic acids is 1. The summed E-state index contributed by atoms with van der Waals surface area (Å²) in [6.45, 7) is 1.69. The van der Waals surface area contributed by atoms with Gasteiger partial charge in [-0.05, 0) is 31.2 Å². The van der Waals surface area contributed by atoms with Crippen molar-refractivity contribution >= 4 is 23.6 Å². The van der Waals surface area contributed by atoms with Gasteiger partial charge in [-0.25, -0.2) is 14.2 Å². The first kappa shape index (κ1) is 17.9. The third-order valence-electron chi connectivity index (χ3n) is 3.61. The number of carboxylic acids is 1. The fourth-order valence-corrected chi connectivity index (χ4v) is 2.34. The molecule has 0 saturated carbocycles. The standard InChI is InChI=1S/C18H14FN5O3/c1-2-3-11-8-15(12(18(26)27)9-13(11)19)21-17(25)14-4-5-16(23-22-14)24-7-6-20-10-24/h2-10H,1H3,(H,21,25)(H,26,27)/b3-2+. The van der Waals surface area contributed by atoms with Gasteiger partial charge in [0, 0.05) is 18.0 Å². The highest BCUT2D eigenvalue weighted by molar-refractivity contribution is 6.07. The van der Waals surface area contributed by atoms with Gasteiger partial charge in [-0.3, -0.25) is 9.36 Å². The predicted molar refractivity (Wildman–Crippen MR) is 95.2 cm³/mol. The summed E-state index contributed by atoms with van der Waals surface area (Å²) in [6, 6.07) is 5.12. The van der Waals surface area contributed by atoms with Gasteiger partial charge in [-0.15, -0.1) is 10.2 Å². The highest BCUT2D eigenvalue weighted by atomic mass is 19.1. The molecule has 0 aliphatic carbocycles. The molecule has 1 aromatic carbocycles. The van der Waals surface area contributed by atoms with Gasteiger partial charge in [-0.2, -0.15) is 0 Å². The van der Waals surface area contributed by atoms with Crippen LogP contribution in [0.15, 0.2) is 49.1 Å². The third kappa shape index (κ3) is 3.87. The van der Waals surface area contributed by atoms with E-state index in [1.165, 1.54) is 24.5 Å². The van der Waals surface area contributed by atoms with Crippen LogP contribution in [0.1, 0.15) is 33.3 Å². The lowest BCUT2D eigenvalue weighted by Gasteiger charge is -2.10. The summed E-state index contributed by atoms with van der Waals surface area (Å²) in [5, 5.41) is 19.5. The molecular formula is C18H14FN5O3. The van der Waals surface area contributed by atoms with Crippen molar-refractivity contribution in [3.8, 4) is 5.82 Å². The fourth-order valence-electron chi connectivity index (χ4n) is 2.34. The van der Waals surface area contributed by atoms with Crippen molar-refractivity contribution in [2.45, 2.75) is 6.92 Å². The molecule has 2 aromatic heterocycles. The normalized spacial score (nSPS) is 10.9. The SMILES string of the molecule is C/C=C/c1cc(NC(=O)c2ccc(-n3ccnc3)nn2)c(C(=O)O)cc1F. The highest BCUT2D eigenvalue weighted by Crippen LogP contribution is 2.23. The Bertz CT molecular complexity index is 1010. The number of hydrogen-bond acceptors (Lipinski definition) is 5. The average Bonchev–Trinajstić information content (AvgIpc) is 3.19. The summed E-state index contributed by atoms with van der Waals surface area (Å²) in [6.07, 6.45) is 7.85. The Balaban J connectivity index is 1.88. The van der Waals surface area contributed by atoms with E-state index in [0.717, 1.165) is 6.07 Å². The van der Waals surface area contributed by atoms with Crippen LogP contribution in [-0.2, 0) is 0 Å². The number of carboxylic acid groups (broad SMARTS) is 1. The van der Waals surface area contributed by atoms with Crippen molar-refractivity contribution in [3.05, 3.63) is 71.7 Å². The quantitative estimate of drug-likeness (QED) is 0.717. The number of carbonyl (C=O) groups excluding carboxylic acids is 1. The molecule has 3 rings (SSSR count). The molecule has 27 heavy (non-hydrogen) atoms. The van der Waals surface area contributed by atoms with Crippen molar-refractivity contribution in [2.24, 2.45) is 0 Å². The topological polar surface area (TPSA) is 110 Å². The minimum atomic E-state index is -1.36. The van der Waals surface area contributed by atoms with Crippen molar-refractivity contribution in [1.82, 2.24) is 19.7 Å². The van der Waals surface area contributed by atoms with Crippen molar-refractivity contribution in [2.75, 3.05) is 5.32 Å². The van der Waals surface area contributed by atoms with Crippen LogP contribution < -0.4 is 5.32 Å². The van der Waals surface area contributed by atoms with Crippen LogP contribution in [0.2, 0.25) is 0 Å². The molecule has 0 unspecified atom stereocenters. The predicted octanol–water partition coefficient (Wildman–Crippen LogP) is 2.79. The van der Waals surface area contributed by atoms with E-state index in [-0.39, 0.29) is 22.5 Å². The third-order valence-corrected chi connectivity index (χ3v) is 3.61. The average molecular weight is 367 g/mol. The van der Waals surface area contributed by atoms with Crippen molar-refractivity contribution in [1.29, 1.82) is 0 Å². The summed E-state index contributed by atoms with van der Waals surface area (Å²) >= 11 is 0. The Morgan fingerprint density at radius 3 is 2.67 bits per heavy atom. The van der Waals surface area contributed by atoms with Crippen LogP contribution >= 0.6 is 0 Å². The van der Waals surface area contributed by atoms with Crippen LogP contribution in [0.5, 0.6) is 0 Å². The fraction of sp³-hybridized carbons (Fsp3) is 0.0556. The van der Waals surface area contributed by atoms with Gasteiger partial charge in [-0.1, -0.05) is 12.2 Å². The van der Waals surface area contributed by atoms with E-state index < -0.39 is 17.7 Å². The molecule has 0 bridgehead atoms. The molecule has 8 nitrogen and oxygen atoms in total. The van der Waals surface area contributed by atoms with E-state index in [9.17, 15) is 19.1 Å². The lowest BCUT2D eigenvalue weighted by Crippen LogP contribution is -2.17. The van der Waals surface area contributed by atoms with Gasteiger partial charge in [0.05, 0.1) is 11.3 Å². The number of carbonyl (C=O) groups is 2. The zero-order valence-electron chi connectivity index (χ0n) is 14.1. The zero-order chi connectivity index (χ0) is 19.4. The molecule has 2 heterocycles. The smallest absolute Gasteiger partial charge is 0.337 e. The Kier molecular flexibility index (Phi) is 5.02. The number of anilines is 1. The minimum Gasteiger partial charge on any atom is -0.478 e. The second-order valence-electron chi connectivity index (χ2n) is 5.43. The monoisotopic (exact) mass is 367 g/mol. The van der Waals surface area contributed by atoms with Crippen LogP contribution in [-0.4, -0.2) is 36.7 Å². The molecule has 136 valence electrons. The van der Waals surface area contributed by atoms with E-state index in [4.69, 9.17) is 0 Å². The molecule has 2 N–H and O–H groups in total. The number of hydrogen-bond donors (Lipinski definition) is 2. The molecule has 0 atom stereocenters. The van der Waals surface area contributed by atoms with Crippen molar-refractivity contribution in [3.63, 3.8) is 0 Å². The van der Waals surface area contributed by atoms with Crippen LogP contribution in [0.4, 0.5) is 10.1 Å². The molecule has 0 aliphatic heterocycles. The maximum absolute atomic E-state index is 14.0. The second-order valence-corrected chi connectivity index (χ2v) is 5.43. The minimum absolute atomic E-state index is 0.0212. The Hall–Kier alpha value is -3.88. The van der Waals surface area contributed by atoms with Gasteiger partial charge in [0.25, 0.3) is 5.91 Å². The second kappa shape index (κ2) is 7.56. The number of nitrogens with zero attached hydrogens (tertiary/aromatic N) is 4. The number of nitrogens with one attached hydrogen (secondary N) is 1. The van der Waals surface area contributed by atoms with E-state index in [1.807, 2.05) is 0 Å². The summed E-state index contributed by atoms with van der Waals surface area (Å²) in [4.78, 5) is 27.7. The Labute approximate surface area is 153 Å². The van der Waals surface area contributed by atoms with Crippen LogP contribution in [0.3, 0.4) is 0 Å². The first-order chi connectivity index (χ1) is 13.0. The van der Waals surface area contributed by atoms with E-state index in [1.54, 1.807) is 36.0 Å². The van der Waals surface area contributed by atoms with E-state index in [2.05, 4.69) is 20.5 Å². The van der Waals surface area contributed by atoms with Gasteiger partial charge in [0.1, 0.15) is 12.1 Å². The van der Waals surface area contributed by atoms with Gasteiger partial charge in [0.2, 0.25) is 0 Å². The number of halogens is 1. The molecule has 0 fully saturated rings. The molecule has 0 radical (unpaired) electrons. The van der Waals surface area contributed by atoms with Gasteiger partial charge < -0.3 is 10.4 Å². The maximum Gasteiger partial charge on any atom is 0.337 e. The number of aromatic nitrogens is 4. The number of benzene rings is 1. The zero-order valence-corrected chi connectivity index (χ0v) is 14.1. The molecule has 3 aromatic rings. The first-order valence-electron chi connectivity index (χ1n) is 7.82. The molecule has 1 amide bonds. The molecule has 9 heteroatoms. The maximum atomic E-state index is 14.0. The van der Waals surface area contributed by atoms with Gasteiger partial charge in [0.15, 0.2) is 11.5 Å². The Morgan fingerprint density at radius 1 is 1.26 bits per heavy atom. The summed E-state index contributed by atoms with van der Waals surface area (Å²) in [5.41, 5.74) is -0.272. The summed E-state index contributed by atoms with van der Waals surface area (Å²) in [5.74, 6) is -2.27. The van der Waals surface area contributed by atoms with Gasteiger partial charge >= 0.3 is 5.97 Å². The first-order valence-corrected chi connectivity index (χ1v) is 7.82. The molecule has 0 saturated heterocycles. The lowest BCUT2D eigenvalue weighted by atomic mass is 10.1. The number of rotatable bonds is 5. The molecule has 0 aliphatic rings. The lowest BCUT2D eigenvalue weighted by molar-refractivity contribution is 0.0697. The molecule has 0 spiro atoms.